The van der Waals surface area contributed by atoms with Gasteiger partial charge in [0.05, 0.1) is 5.69 Å². The predicted octanol–water partition coefficient (Wildman–Crippen LogP) is 2.65. The molecule has 0 atom stereocenters. The minimum Gasteiger partial charge on any atom is -0.493 e. The Morgan fingerprint density at radius 1 is 1.26 bits per heavy atom. The van der Waals surface area contributed by atoms with Gasteiger partial charge in [-0.2, -0.15) is 0 Å². The Morgan fingerprint density at radius 3 is 2.84 bits per heavy atom. The van der Waals surface area contributed by atoms with E-state index in [1.54, 1.807) is 6.07 Å². The molecule has 0 amide bonds. The summed E-state index contributed by atoms with van der Waals surface area (Å²) in [5, 5.41) is 9.55. The lowest BCUT2D eigenvalue weighted by atomic mass is 10.0. The zero-order chi connectivity index (χ0) is 13.2. The Hall–Kier alpha value is -1.87. The molecule has 1 aliphatic rings. The quantitative estimate of drug-likeness (QED) is 0.895. The molecule has 0 saturated carbocycles. The van der Waals surface area contributed by atoms with Crippen molar-refractivity contribution in [1.29, 1.82) is 0 Å². The number of benzene rings is 1. The maximum Gasteiger partial charge on any atom is 0.211 e. The van der Waals surface area contributed by atoms with E-state index in [0.29, 0.717) is 0 Å². The van der Waals surface area contributed by atoms with Gasteiger partial charge < -0.3 is 5.11 Å². The predicted molar refractivity (Wildman–Crippen MR) is 74.9 cm³/mol. The standard InChI is InChI=1S/C16H18N2O/c1-12-9-16(19)17-15-7-8-18(11-14(12)15)10-13-5-3-2-4-6-13/h2-6,9H,7-8,10-11H2,1H3,(H,17,19). The number of aromatic hydroxyl groups is 1. The highest BCUT2D eigenvalue weighted by molar-refractivity contribution is 5.35. The van der Waals surface area contributed by atoms with E-state index in [2.05, 4.69) is 34.1 Å². The molecule has 3 heteroatoms. The highest BCUT2D eigenvalue weighted by Crippen LogP contribution is 2.24. The van der Waals surface area contributed by atoms with Crippen molar-refractivity contribution in [2.24, 2.45) is 0 Å². The van der Waals surface area contributed by atoms with E-state index in [-0.39, 0.29) is 5.88 Å². The second-order valence-electron chi connectivity index (χ2n) is 5.17. The van der Waals surface area contributed by atoms with Crippen molar-refractivity contribution in [2.75, 3.05) is 6.54 Å². The molecule has 1 N–H and O–H groups in total. The molecule has 0 bridgehead atoms. The molecule has 0 fully saturated rings. The zero-order valence-corrected chi connectivity index (χ0v) is 11.1. The topological polar surface area (TPSA) is 36.4 Å². The van der Waals surface area contributed by atoms with Crippen LogP contribution in [0.5, 0.6) is 5.88 Å². The Labute approximate surface area is 113 Å². The molecular weight excluding hydrogens is 236 g/mol. The molecule has 1 aromatic carbocycles. The largest absolute Gasteiger partial charge is 0.493 e. The van der Waals surface area contributed by atoms with E-state index < -0.39 is 0 Å². The molecule has 19 heavy (non-hydrogen) atoms. The number of fused-ring (bicyclic) bond motifs is 1. The normalized spacial score (nSPS) is 15.2. The Bertz CT molecular complexity index is 581. The van der Waals surface area contributed by atoms with Crippen LogP contribution in [-0.4, -0.2) is 21.5 Å². The number of hydrogen-bond donors (Lipinski definition) is 1. The van der Waals surface area contributed by atoms with Gasteiger partial charge in [-0.25, -0.2) is 4.98 Å². The summed E-state index contributed by atoms with van der Waals surface area (Å²) < 4.78 is 0. The van der Waals surface area contributed by atoms with Gasteiger partial charge in [0.1, 0.15) is 0 Å². The van der Waals surface area contributed by atoms with Crippen molar-refractivity contribution in [3.63, 3.8) is 0 Å². The number of rotatable bonds is 2. The molecule has 2 aromatic rings. The zero-order valence-electron chi connectivity index (χ0n) is 11.1. The van der Waals surface area contributed by atoms with Gasteiger partial charge in [0.25, 0.3) is 0 Å². The molecule has 3 nitrogen and oxygen atoms in total. The average Bonchev–Trinajstić information content (AvgIpc) is 2.40. The Morgan fingerprint density at radius 2 is 2.05 bits per heavy atom. The van der Waals surface area contributed by atoms with E-state index in [4.69, 9.17) is 0 Å². The Balaban J connectivity index is 1.79. The molecule has 98 valence electrons. The molecule has 3 rings (SSSR count). The third-order valence-electron chi connectivity index (χ3n) is 3.72. The summed E-state index contributed by atoms with van der Waals surface area (Å²) >= 11 is 0. The molecule has 0 aliphatic carbocycles. The van der Waals surface area contributed by atoms with Crippen molar-refractivity contribution < 1.29 is 5.11 Å². The number of nitrogens with zero attached hydrogens (tertiary/aromatic N) is 2. The number of aromatic nitrogens is 1. The van der Waals surface area contributed by atoms with E-state index in [9.17, 15) is 5.11 Å². The fourth-order valence-corrected chi connectivity index (χ4v) is 2.71. The molecular formula is C16H18N2O. The summed E-state index contributed by atoms with van der Waals surface area (Å²) in [6.07, 6.45) is 0.914. The van der Waals surface area contributed by atoms with Crippen molar-refractivity contribution in [3.8, 4) is 5.88 Å². The smallest absolute Gasteiger partial charge is 0.211 e. The molecule has 2 heterocycles. The van der Waals surface area contributed by atoms with Crippen molar-refractivity contribution in [2.45, 2.75) is 26.4 Å². The highest BCUT2D eigenvalue weighted by atomic mass is 16.3. The van der Waals surface area contributed by atoms with Crippen molar-refractivity contribution in [3.05, 3.63) is 58.8 Å². The van der Waals surface area contributed by atoms with Gasteiger partial charge in [-0.05, 0) is 23.6 Å². The monoisotopic (exact) mass is 254 g/mol. The second kappa shape index (κ2) is 5.02. The molecule has 0 spiro atoms. The van der Waals surface area contributed by atoms with Gasteiger partial charge in [0.2, 0.25) is 5.88 Å². The van der Waals surface area contributed by atoms with Crippen LogP contribution in [0.1, 0.15) is 22.4 Å². The van der Waals surface area contributed by atoms with Crippen LogP contribution in [-0.2, 0) is 19.5 Å². The van der Waals surface area contributed by atoms with Crippen LogP contribution < -0.4 is 0 Å². The molecule has 1 aromatic heterocycles. The molecule has 1 aliphatic heterocycles. The van der Waals surface area contributed by atoms with E-state index >= 15 is 0 Å². The van der Waals surface area contributed by atoms with Crippen LogP contribution in [0.15, 0.2) is 36.4 Å². The fourth-order valence-electron chi connectivity index (χ4n) is 2.71. The number of aryl methyl sites for hydroxylation is 1. The summed E-state index contributed by atoms with van der Waals surface area (Å²) in [6.45, 7) is 4.94. The first-order chi connectivity index (χ1) is 9.22. The van der Waals surface area contributed by atoms with Crippen molar-refractivity contribution >= 4 is 0 Å². The van der Waals surface area contributed by atoms with Crippen LogP contribution in [0.2, 0.25) is 0 Å². The van der Waals surface area contributed by atoms with Crippen LogP contribution in [0.3, 0.4) is 0 Å². The summed E-state index contributed by atoms with van der Waals surface area (Å²) in [6, 6.07) is 12.3. The summed E-state index contributed by atoms with van der Waals surface area (Å²) in [5.41, 5.74) is 4.82. The lowest BCUT2D eigenvalue weighted by Crippen LogP contribution is -2.31. The summed E-state index contributed by atoms with van der Waals surface area (Å²) in [7, 11) is 0. The third-order valence-corrected chi connectivity index (χ3v) is 3.72. The Kier molecular flexibility index (Phi) is 3.22. The summed E-state index contributed by atoms with van der Waals surface area (Å²) in [5.74, 6) is 0.146. The number of hydrogen-bond acceptors (Lipinski definition) is 3. The van der Waals surface area contributed by atoms with E-state index in [1.165, 1.54) is 11.1 Å². The van der Waals surface area contributed by atoms with Crippen molar-refractivity contribution in [1.82, 2.24) is 9.88 Å². The third kappa shape index (κ3) is 2.61. The minimum atomic E-state index is 0.146. The van der Waals surface area contributed by atoms with Gasteiger partial charge in [-0.1, -0.05) is 30.3 Å². The van der Waals surface area contributed by atoms with Gasteiger partial charge in [-0.15, -0.1) is 0 Å². The molecule has 0 unspecified atom stereocenters. The first-order valence-electron chi connectivity index (χ1n) is 6.67. The van der Waals surface area contributed by atoms with Gasteiger partial charge >= 0.3 is 0 Å². The first kappa shape index (κ1) is 12.2. The fraction of sp³-hybridized carbons (Fsp3) is 0.312. The van der Waals surface area contributed by atoms with E-state index in [1.807, 2.05) is 13.0 Å². The maximum atomic E-state index is 9.55. The van der Waals surface area contributed by atoms with Gasteiger partial charge in [-0.3, -0.25) is 4.90 Å². The van der Waals surface area contributed by atoms with Crippen LogP contribution >= 0.6 is 0 Å². The molecule has 0 radical (unpaired) electrons. The lowest BCUT2D eigenvalue weighted by Gasteiger charge is -2.29. The molecule has 0 saturated heterocycles. The van der Waals surface area contributed by atoms with Crippen LogP contribution in [0.4, 0.5) is 0 Å². The lowest BCUT2D eigenvalue weighted by molar-refractivity contribution is 0.242. The highest BCUT2D eigenvalue weighted by Gasteiger charge is 2.19. The maximum absolute atomic E-state index is 9.55. The first-order valence-corrected chi connectivity index (χ1v) is 6.67. The van der Waals surface area contributed by atoms with Crippen LogP contribution in [0.25, 0.3) is 0 Å². The summed E-state index contributed by atoms with van der Waals surface area (Å²) in [4.78, 5) is 6.68. The second-order valence-corrected chi connectivity index (χ2v) is 5.17. The van der Waals surface area contributed by atoms with Gasteiger partial charge in [0, 0.05) is 32.1 Å². The van der Waals surface area contributed by atoms with Crippen LogP contribution in [0, 0.1) is 6.92 Å². The SMILES string of the molecule is Cc1cc(O)nc2c1CN(Cc1ccccc1)CC2. The number of pyridine rings is 1. The average molecular weight is 254 g/mol. The minimum absolute atomic E-state index is 0.146. The van der Waals surface area contributed by atoms with Gasteiger partial charge in [0.15, 0.2) is 0 Å². The van der Waals surface area contributed by atoms with E-state index in [0.717, 1.165) is 37.3 Å².